The van der Waals surface area contributed by atoms with Gasteiger partial charge in [0.1, 0.15) is 6.10 Å². The van der Waals surface area contributed by atoms with Crippen molar-refractivity contribution in [3.8, 4) is 0 Å². The lowest BCUT2D eigenvalue weighted by Gasteiger charge is -2.36. The summed E-state index contributed by atoms with van der Waals surface area (Å²) in [4.78, 5) is 25.2. The van der Waals surface area contributed by atoms with Crippen LogP contribution in [0.5, 0.6) is 0 Å². The van der Waals surface area contributed by atoms with Crippen LogP contribution in [0, 0.1) is 17.8 Å². The number of carbonyl (C=O) groups excluding carboxylic acids is 2. The molecule has 1 heterocycles. The lowest BCUT2D eigenvalue weighted by atomic mass is 9.75. The molecule has 2 aromatic rings. The topological polar surface area (TPSA) is 90.0 Å². The molecule has 3 atom stereocenters. The van der Waals surface area contributed by atoms with Crippen molar-refractivity contribution < 1.29 is 27.5 Å². The molecule has 1 saturated carbocycles. The fraction of sp³-hybridized carbons (Fsp3) is 0.500. The van der Waals surface area contributed by atoms with E-state index in [-0.39, 0.29) is 34.0 Å². The summed E-state index contributed by atoms with van der Waals surface area (Å²) in [7, 11) is -3.87. The number of benzene rings is 2. The van der Waals surface area contributed by atoms with E-state index in [2.05, 4.69) is 20.8 Å². The average molecular weight is 548 g/mol. The van der Waals surface area contributed by atoms with Crippen molar-refractivity contribution in [1.29, 1.82) is 0 Å². The van der Waals surface area contributed by atoms with Crippen LogP contribution in [0.1, 0.15) is 61.5 Å². The molecule has 0 aromatic heterocycles. The molecular formula is C28H34ClNO6S. The first kappa shape index (κ1) is 27.6. The second-order valence-corrected chi connectivity index (χ2v) is 12.8. The van der Waals surface area contributed by atoms with Crippen LogP contribution in [0.25, 0.3) is 0 Å². The Morgan fingerprint density at radius 1 is 1.11 bits per heavy atom. The highest BCUT2D eigenvalue weighted by Gasteiger charge is 2.34. The number of halogens is 1. The fourth-order valence-electron chi connectivity index (χ4n) is 5.30. The van der Waals surface area contributed by atoms with Crippen molar-refractivity contribution in [2.24, 2.45) is 17.8 Å². The van der Waals surface area contributed by atoms with Crippen molar-refractivity contribution in [2.75, 3.05) is 13.2 Å². The maximum atomic E-state index is 13.3. The van der Waals surface area contributed by atoms with Gasteiger partial charge in [-0.3, -0.25) is 0 Å². The Morgan fingerprint density at radius 3 is 2.57 bits per heavy atom. The van der Waals surface area contributed by atoms with E-state index in [1.165, 1.54) is 22.5 Å². The number of nitrogens with zero attached hydrogens (tertiary/aromatic N) is 1. The highest BCUT2D eigenvalue weighted by atomic mass is 35.5. The molecule has 1 aliphatic carbocycles. The van der Waals surface area contributed by atoms with Crippen LogP contribution in [-0.4, -0.2) is 43.9 Å². The summed E-state index contributed by atoms with van der Waals surface area (Å²) >= 11 is 6.21. The minimum absolute atomic E-state index is 0.0438. The summed E-state index contributed by atoms with van der Waals surface area (Å²) in [6.45, 7) is 6.41. The van der Waals surface area contributed by atoms with Gasteiger partial charge in [0, 0.05) is 13.1 Å². The van der Waals surface area contributed by atoms with E-state index >= 15 is 0 Å². The Kier molecular flexibility index (Phi) is 8.61. The second kappa shape index (κ2) is 11.5. The van der Waals surface area contributed by atoms with Gasteiger partial charge < -0.3 is 9.47 Å². The number of rotatable bonds is 7. The van der Waals surface area contributed by atoms with E-state index in [0.717, 1.165) is 30.4 Å². The quantitative estimate of drug-likeness (QED) is 0.440. The summed E-state index contributed by atoms with van der Waals surface area (Å²) in [5.41, 5.74) is 1.97. The first-order valence-electron chi connectivity index (χ1n) is 12.8. The molecule has 0 bridgehead atoms. The Hall–Kier alpha value is -2.42. The first-order chi connectivity index (χ1) is 17.6. The average Bonchev–Trinajstić information content (AvgIpc) is 2.87. The van der Waals surface area contributed by atoms with Gasteiger partial charge in [0.2, 0.25) is 10.0 Å². The van der Waals surface area contributed by atoms with E-state index in [0.29, 0.717) is 24.8 Å². The van der Waals surface area contributed by atoms with E-state index in [9.17, 15) is 18.0 Å². The molecule has 9 heteroatoms. The van der Waals surface area contributed by atoms with Gasteiger partial charge in [-0.25, -0.2) is 18.0 Å². The smallest absolute Gasteiger partial charge is 0.344 e. The van der Waals surface area contributed by atoms with Crippen LogP contribution in [0.15, 0.2) is 47.4 Å². The van der Waals surface area contributed by atoms with Crippen molar-refractivity contribution in [2.45, 2.75) is 64.0 Å². The minimum Gasteiger partial charge on any atom is -0.460 e. The Labute approximate surface area is 224 Å². The van der Waals surface area contributed by atoms with Crippen molar-refractivity contribution in [3.63, 3.8) is 0 Å². The molecule has 7 nitrogen and oxygen atoms in total. The number of ether oxygens (including phenoxy) is 2. The van der Waals surface area contributed by atoms with Crippen molar-refractivity contribution >= 4 is 33.6 Å². The molecule has 0 saturated heterocycles. The third-order valence-electron chi connectivity index (χ3n) is 7.46. The van der Waals surface area contributed by atoms with Gasteiger partial charge in [0.25, 0.3) is 0 Å². The molecule has 0 N–H and O–H groups in total. The van der Waals surface area contributed by atoms with Gasteiger partial charge in [-0.2, -0.15) is 4.31 Å². The number of hydrogen-bond donors (Lipinski definition) is 0. The molecule has 0 radical (unpaired) electrons. The van der Waals surface area contributed by atoms with Gasteiger partial charge in [-0.05, 0) is 66.3 Å². The zero-order valence-corrected chi connectivity index (χ0v) is 23.1. The van der Waals surface area contributed by atoms with E-state index in [1.54, 1.807) is 0 Å². The number of sulfonamides is 1. The number of fused-ring (bicyclic) bond motifs is 1. The molecule has 0 unspecified atom stereocenters. The van der Waals surface area contributed by atoms with Crippen LogP contribution >= 0.6 is 11.6 Å². The molecule has 2 aromatic carbocycles. The first-order valence-corrected chi connectivity index (χ1v) is 14.6. The van der Waals surface area contributed by atoms with Gasteiger partial charge in [0.05, 0.1) is 15.5 Å². The van der Waals surface area contributed by atoms with Gasteiger partial charge in [0.15, 0.2) is 6.61 Å². The summed E-state index contributed by atoms with van der Waals surface area (Å²) in [5.74, 6) is -0.378. The van der Waals surface area contributed by atoms with Gasteiger partial charge in [-0.1, -0.05) is 63.1 Å². The van der Waals surface area contributed by atoms with Crippen molar-refractivity contribution in [1.82, 2.24) is 4.31 Å². The summed E-state index contributed by atoms with van der Waals surface area (Å²) in [6, 6.07) is 11.7. The standard InChI is InChI=1S/C28H34ClNO6S/c1-18(2)23-10-8-19(3)14-26(23)36-27(31)17-35-28(32)24-15-22(9-11-25(24)29)37(33,34)30-13-12-20-6-4-5-7-21(20)16-30/h4-7,9,11,15,18-19,23,26H,8,10,12-14,16-17H2,1-3H3/t19-,23+,26-/m1/s1. The molecular weight excluding hydrogens is 514 g/mol. The zero-order valence-electron chi connectivity index (χ0n) is 21.5. The molecule has 1 aliphatic heterocycles. The van der Waals surface area contributed by atoms with E-state index in [1.807, 2.05) is 24.3 Å². The largest absolute Gasteiger partial charge is 0.460 e. The Bertz CT molecular complexity index is 1260. The van der Waals surface area contributed by atoms with Crippen LogP contribution in [0.2, 0.25) is 5.02 Å². The lowest BCUT2D eigenvalue weighted by molar-refractivity contribution is -0.159. The van der Waals surface area contributed by atoms with Crippen LogP contribution in [0.4, 0.5) is 0 Å². The van der Waals surface area contributed by atoms with E-state index < -0.39 is 28.6 Å². The summed E-state index contributed by atoms with van der Waals surface area (Å²) < 4.78 is 38.9. The second-order valence-electron chi connectivity index (χ2n) is 10.4. The minimum atomic E-state index is -3.87. The lowest BCUT2D eigenvalue weighted by Crippen LogP contribution is -2.37. The number of hydrogen-bond acceptors (Lipinski definition) is 6. The molecule has 2 aliphatic rings. The third kappa shape index (κ3) is 6.36. The summed E-state index contributed by atoms with van der Waals surface area (Å²) in [5, 5.41) is 0.0438. The Balaban J connectivity index is 1.42. The maximum Gasteiger partial charge on any atom is 0.344 e. The zero-order chi connectivity index (χ0) is 26.7. The van der Waals surface area contributed by atoms with Crippen LogP contribution in [-0.2, 0) is 37.3 Å². The monoisotopic (exact) mass is 547 g/mol. The molecule has 0 amide bonds. The third-order valence-corrected chi connectivity index (χ3v) is 9.63. The molecule has 1 fully saturated rings. The SMILES string of the molecule is CC(C)[C@@H]1CC[C@@H](C)C[C@H]1OC(=O)COC(=O)c1cc(S(=O)(=O)N2CCc3ccccc3C2)ccc1Cl. The van der Waals surface area contributed by atoms with E-state index in [4.69, 9.17) is 21.1 Å². The highest BCUT2D eigenvalue weighted by molar-refractivity contribution is 7.89. The van der Waals surface area contributed by atoms with Gasteiger partial charge in [-0.15, -0.1) is 0 Å². The number of esters is 2. The van der Waals surface area contributed by atoms with Crippen LogP contribution < -0.4 is 0 Å². The van der Waals surface area contributed by atoms with Crippen LogP contribution in [0.3, 0.4) is 0 Å². The fourth-order valence-corrected chi connectivity index (χ4v) is 6.94. The van der Waals surface area contributed by atoms with Gasteiger partial charge >= 0.3 is 11.9 Å². The molecule has 0 spiro atoms. The predicted octanol–water partition coefficient (Wildman–Crippen LogP) is 5.25. The summed E-state index contributed by atoms with van der Waals surface area (Å²) in [6.07, 6.45) is 3.29. The number of carbonyl (C=O) groups is 2. The Morgan fingerprint density at radius 2 is 1.84 bits per heavy atom. The predicted molar refractivity (Wildman–Crippen MR) is 141 cm³/mol. The molecule has 200 valence electrons. The maximum absolute atomic E-state index is 13.3. The highest BCUT2D eigenvalue weighted by Crippen LogP contribution is 2.35. The van der Waals surface area contributed by atoms with Crippen molar-refractivity contribution in [3.05, 3.63) is 64.2 Å². The normalized spacial score (nSPS) is 22.4. The molecule has 37 heavy (non-hydrogen) atoms. The molecule has 4 rings (SSSR count).